The van der Waals surface area contributed by atoms with E-state index in [0.717, 1.165) is 0 Å². The summed E-state index contributed by atoms with van der Waals surface area (Å²) < 4.78 is 4.78. The van der Waals surface area contributed by atoms with Crippen molar-refractivity contribution in [3.05, 3.63) is 0 Å². The van der Waals surface area contributed by atoms with Crippen molar-refractivity contribution in [2.75, 3.05) is 27.2 Å². The molecule has 11 heavy (non-hydrogen) atoms. The van der Waals surface area contributed by atoms with Gasteiger partial charge in [0.05, 0.1) is 12.7 Å². The molecule has 2 atom stereocenters. The van der Waals surface area contributed by atoms with Crippen LogP contribution in [0.2, 0.25) is 0 Å². The monoisotopic (exact) mass is 163 g/mol. The minimum atomic E-state index is -0.799. The SMILES string of the molecule is CC(O)OCC(O)CN(C)C. The van der Waals surface area contributed by atoms with Gasteiger partial charge in [-0.25, -0.2) is 0 Å². The standard InChI is InChI=1S/C7H17NO3/c1-6(9)11-5-7(10)4-8(2)3/h6-7,9-10H,4-5H2,1-3H3. The third kappa shape index (κ3) is 7.74. The van der Waals surface area contributed by atoms with Crippen LogP contribution >= 0.6 is 0 Å². The number of aliphatic hydroxyl groups excluding tert-OH is 2. The topological polar surface area (TPSA) is 52.9 Å². The van der Waals surface area contributed by atoms with E-state index in [-0.39, 0.29) is 6.61 Å². The zero-order valence-corrected chi connectivity index (χ0v) is 7.32. The predicted molar refractivity (Wildman–Crippen MR) is 42.2 cm³/mol. The van der Waals surface area contributed by atoms with Gasteiger partial charge in [-0.1, -0.05) is 0 Å². The highest BCUT2D eigenvalue weighted by Gasteiger charge is 2.06. The highest BCUT2D eigenvalue weighted by molar-refractivity contribution is 4.56. The van der Waals surface area contributed by atoms with Gasteiger partial charge in [0.2, 0.25) is 0 Å². The summed E-state index contributed by atoms with van der Waals surface area (Å²) in [5, 5.41) is 17.9. The summed E-state index contributed by atoms with van der Waals surface area (Å²) in [7, 11) is 3.73. The van der Waals surface area contributed by atoms with Crippen LogP contribution < -0.4 is 0 Å². The van der Waals surface area contributed by atoms with E-state index in [2.05, 4.69) is 0 Å². The van der Waals surface area contributed by atoms with Crippen LogP contribution in [0.15, 0.2) is 0 Å². The van der Waals surface area contributed by atoms with E-state index in [4.69, 9.17) is 9.84 Å². The lowest BCUT2D eigenvalue weighted by Crippen LogP contribution is -2.30. The Balaban J connectivity index is 3.29. The van der Waals surface area contributed by atoms with Crippen molar-refractivity contribution in [3.63, 3.8) is 0 Å². The first-order valence-corrected chi connectivity index (χ1v) is 3.65. The van der Waals surface area contributed by atoms with E-state index in [0.29, 0.717) is 6.54 Å². The molecule has 0 aliphatic rings. The van der Waals surface area contributed by atoms with Gasteiger partial charge in [0.1, 0.15) is 0 Å². The molecular weight excluding hydrogens is 146 g/mol. The van der Waals surface area contributed by atoms with Gasteiger partial charge >= 0.3 is 0 Å². The third-order valence-electron chi connectivity index (χ3n) is 1.11. The summed E-state index contributed by atoms with van der Waals surface area (Å²) in [6.07, 6.45) is -1.33. The van der Waals surface area contributed by atoms with Gasteiger partial charge in [-0.3, -0.25) is 0 Å². The summed E-state index contributed by atoms with van der Waals surface area (Å²) in [6.45, 7) is 2.24. The maximum atomic E-state index is 9.19. The number of nitrogens with zero attached hydrogens (tertiary/aromatic N) is 1. The molecule has 0 saturated carbocycles. The maximum absolute atomic E-state index is 9.19. The van der Waals surface area contributed by atoms with Crippen molar-refractivity contribution in [3.8, 4) is 0 Å². The van der Waals surface area contributed by atoms with Gasteiger partial charge in [-0.15, -0.1) is 0 Å². The normalized spacial score (nSPS) is 16.9. The van der Waals surface area contributed by atoms with Gasteiger partial charge in [-0.2, -0.15) is 0 Å². The van der Waals surface area contributed by atoms with E-state index in [9.17, 15) is 5.11 Å². The first-order valence-electron chi connectivity index (χ1n) is 3.65. The molecule has 68 valence electrons. The highest BCUT2D eigenvalue weighted by Crippen LogP contribution is 1.90. The van der Waals surface area contributed by atoms with Crippen molar-refractivity contribution in [1.29, 1.82) is 0 Å². The van der Waals surface area contributed by atoms with E-state index < -0.39 is 12.4 Å². The minimum Gasteiger partial charge on any atom is -0.389 e. The molecule has 4 heteroatoms. The molecule has 0 aromatic rings. The molecule has 0 aliphatic heterocycles. The number of rotatable bonds is 5. The molecule has 0 aromatic carbocycles. The summed E-state index contributed by atoms with van der Waals surface area (Å²) in [6, 6.07) is 0. The number of aliphatic hydroxyl groups is 2. The average Bonchev–Trinajstić information content (AvgIpc) is 1.82. The molecule has 0 aliphatic carbocycles. The molecule has 0 bridgehead atoms. The number of hydrogen-bond acceptors (Lipinski definition) is 4. The van der Waals surface area contributed by atoms with Crippen LogP contribution in [-0.4, -0.2) is 54.8 Å². The lowest BCUT2D eigenvalue weighted by Gasteiger charge is -2.16. The molecular formula is C7H17NO3. The fourth-order valence-electron chi connectivity index (χ4n) is 0.725. The molecule has 0 amide bonds. The Morgan fingerprint density at radius 1 is 1.36 bits per heavy atom. The number of ether oxygens (including phenoxy) is 1. The lowest BCUT2D eigenvalue weighted by atomic mass is 10.3. The lowest BCUT2D eigenvalue weighted by molar-refractivity contribution is -0.111. The van der Waals surface area contributed by atoms with Gasteiger partial charge in [0, 0.05) is 6.54 Å². The Hall–Kier alpha value is -0.160. The van der Waals surface area contributed by atoms with E-state index in [1.54, 1.807) is 0 Å². The Morgan fingerprint density at radius 3 is 2.27 bits per heavy atom. The molecule has 0 heterocycles. The molecule has 4 nitrogen and oxygen atoms in total. The second-order valence-corrected chi connectivity index (χ2v) is 2.85. The maximum Gasteiger partial charge on any atom is 0.151 e. The largest absolute Gasteiger partial charge is 0.389 e. The van der Waals surface area contributed by atoms with Crippen LogP contribution in [0.5, 0.6) is 0 Å². The fourth-order valence-corrected chi connectivity index (χ4v) is 0.725. The molecule has 2 unspecified atom stereocenters. The second kappa shape index (κ2) is 5.49. The molecule has 0 saturated heterocycles. The first-order chi connectivity index (χ1) is 5.02. The number of hydrogen-bond donors (Lipinski definition) is 2. The Labute approximate surface area is 67.4 Å². The van der Waals surface area contributed by atoms with E-state index in [1.807, 2.05) is 19.0 Å². The minimum absolute atomic E-state index is 0.176. The van der Waals surface area contributed by atoms with Gasteiger partial charge in [0.15, 0.2) is 6.29 Å². The second-order valence-electron chi connectivity index (χ2n) is 2.85. The highest BCUT2D eigenvalue weighted by atomic mass is 16.6. The predicted octanol–water partition coefficient (Wildman–Crippen LogP) is -0.736. The Morgan fingerprint density at radius 2 is 1.91 bits per heavy atom. The van der Waals surface area contributed by atoms with Crippen LogP contribution in [0.1, 0.15) is 6.92 Å². The van der Waals surface area contributed by atoms with Crippen LogP contribution in [0.25, 0.3) is 0 Å². The summed E-state index contributed by atoms with van der Waals surface area (Å²) in [5.41, 5.74) is 0. The van der Waals surface area contributed by atoms with Gasteiger partial charge < -0.3 is 19.8 Å². The van der Waals surface area contributed by atoms with Gasteiger partial charge in [0.25, 0.3) is 0 Å². The molecule has 0 radical (unpaired) electrons. The number of likely N-dealkylation sites (N-methyl/N-ethyl adjacent to an activating group) is 1. The average molecular weight is 163 g/mol. The first kappa shape index (κ1) is 10.8. The smallest absolute Gasteiger partial charge is 0.151 e. The molecule has 0 spiro atoms. The van der Waals surface area contributed by atoms with E-state index in [1.165, 1.54) is 6.92 Å². The van der Waals surface area contributed by atoms with Crippen molar-refractivity contribution in [2.45, 2.75) is 19.3 Å². The van der Waals surface area contributed by atoms with Crippen LogP contribution in [0.4, 0.5) is 0 Å². The Bertz CT molecular complexity index is 95.7. The van der Waals surface area contributed by atoms with Crippen molar-refractivity contribution in [2.24, 2.45) is 0 Å². The summed E-state index contributed by atoms with van der Waals surface area (Å²) in [5.74, 6) is 0. The Kier molecular flexibility index (Phi) is 5.41. The summed E-state index contributed by atoms with van der Waals surface area (Å²) in [4.78, 5) is 1.86. The van der Waals surface area contributed by atoms with Crippen LogP contribution in [0, 0.1) is 0 Å². The molecule has 2 N–H and O–H groups in total. The van der Waals surface area contributed by atoms with Crippen molar-refractivity contribution < 1.29 is 14.9 Å². The summed E-state index contributed by atoms with van der Waals surface area (Å²) >= 11 is 0. The van der Waals surface area contributed by atoms with Crippen LogP contribution in [0.3, 0.4) is 0 Å². The fraction of sp³-hybridized carbons (Fsp3) is 1.00. The third-order valence-corrected chi connectivity index (χ3v) is 1.11. The van der Waals surface area contributed by atoms with Crippen molar-refractivity contribution in [1.82, 2.24) is 4.90 Å². The zero-order chi connectivity index (χ0) is 8.85. The quantitative estimate of drug-likeness (QED) is 0.524. The molecule has 0 fully saturated rings. The molecule has 0 aromatic heterocycles. The molecule has 0 rings (SSSR count). The zero-order valence-electron chi connectivity index (χ0n) is 7.32. The van der Waals surface area contributed by atoms with Crippen molar-refractivity contribution >= 4 is 0 Å². The van der Waals surface area contributed by atoms with E-state index >= 15 is 0 Å². The van der Waals surface area contributed by atoms with Gasteiger partial charge in [-0.05, 0) is 21.0 Å². The van der Waals surface area contributed by atoms with Crippen LogP contribution in [-0.2, 0) is 4.74 Å².